The van der Waals surface area contributed by atoms with Crippen molar-refractivity contribution in [1.29, 1.82) is 0 Å². The Labute approximate surface area is 113 Å². The van der Waals surface area contributed by atoms with Gasteiger partial charge in [-0.3, -0.25) is 0 Å². The van der Waals surface area contributed by atoms with Gasteiger partial charge in [0, 0.05) is 24.6 Å². The van der Waals surface area contributed by atoms with Gasteiger partial charge in [-0.1, -0.05) is 23.8 Å². The fraction of sp³-hybridized carbons (Fsp3) is 0.500. The number of thioether (sulfide) groups is 1. The minimum atomic E-state index is 0.682. The summed E-state index contributed by atoms with van der Waals surface area (Å²) in [6, 6.07) is 6.47. The first kappa shape index (κ1) is 13.3. The molecule has 0 aromatic heterocycles. The van der Waals surface area contributed by atoms with Crippen molar-refractivity contribution in [2.75, 3.05) is 24.6 Å². The van der Waals surface area contributed by atoms with Crippen molar-refractivity contribution < 1.29 is 0 Å². The molecule has 1 aromatic rings. The lowest BCUT2D eigenvalue weighted by molar-refractivity contribution is 0.455. The highest BCUT2D eigenvalue weighted by molar-refractivity contribution is 7.99. The molecule has 3 nitrogen and oxygen atoms in total. The van der Waals surface area contributed by atoms with Crippen molar-refractivity contribution in [2.45, 2.75) is 20.4 Å². The molecule has 0 radical (unpaired) electrons. The maximum atomic E-state index is 6.04. The SMILES string of the molecule is Cc1ccc(CN=C(N)N2CCSCC2)c(C)c1. The average Bonchev–Trinajstić information content (AvgIpc) is 2.38. The second-order valence-electron chi connectivity index (χ2n) is 4.70. The predicted molar refractivity (Wildman–Crippen MR) is 80.1 cm³/mol. The van der Waals surface area contributed by atoms with Crippen molar-refractivity contribution >= 4 is 17.7 Å². The Kier molecular flexibility index (Phi) is 4.53. The zero-order valence-corrected chi connectivity index (χ0v) is 12.0. The lowest BCUT2D eigenvalue weighted by Crippen LogP contribution is -2.42. The van der Waals surface area contributed by atoms with E-state index in [1.807, 2.05) is 11.8 Å². The summed E-state index contributed by atoms with van der Waals surface area (Å²) in [4.78, 5) is 6.70. The number of nitrogens with two attached hydrogens (primary N) is 1. The average molecular weight is 263 g/mol. The number of hydrogen-bond acceptors (Lipinski definition) is 2. The highest BCUT2D eigenvalue weighted by atomic mass is 32.2. The number of aryl methyl sites for hydroxylation is 2. The molecule has 98 valence electrons. The van der Waals surface area contributed by atoms with E-state index in [2.05, 4.69) is 41.9 Å². The number of hydrogen-bond donors (Lipinski definition) is 1. The van der Waals surface area contributed by atoms with Gasteiger partial charge in [0.15, 0.2) is 5.96 Å². The van der Waals surface area contributed by atoms with Gasteiger partial charge in [0.25, 0.3) is 0 Å². The van der Waals surface area contributed by atoms with Gasteiger partial charge in [0.1, 0.15) is 0 Å². The quantitative estimate of drug-likeness (QED) is 0.657. The van der Waals surface area contributed by atoms with Crippen molar-refractivity contribution in [3.8, 4) is 0 Å². The zero-order valence-electron chi connectivity index (χ0n) is 11.1. The second-order valence-corrected chi connectivity index (χ2v) is 5.93. The van der Waals surface area contributed by atoms with Crippen LogP contribution < -0.4 is 5.73 Å². The predicted octanol–water partition coefficient (Wildman–Crippen LogP) is 2.17. The Balaban J connectivity index is 2.00. The minimum absolute atomic E-state index is 0.682. The van der Waals surface area contributed by atoms with Crippen LogP contribution in [0.5, 0.6) is 0 Å². The van der Waals surface area contributed by atoms with E-state index in [0.29, 0.717) is 12.5 Å². The third-order valence-electron chi connectivity index (χ3n) is 3.24. The molecular weight excluding hydrogens is 242 g/mol. The van der Waals surface area contributed by atoms with Crippen molar-refractivity contribution in [2.24, 2.45) is 10.7 Å². The Morgan fingerprint density at radius 2 is 2.06 bits per heavy atom. The number of nitrogens with zero attached hydrogens (tertiary/aromatic N) is 2. The minimum Gasteiger partial charge on any atom is -0.370 e. The third-order valence-corrected chi connectivity index (χ3v) is 4.19. The molecule has 1 heterocycles. The van der Waals surface area contributed by atoms with Crippen LogP contribution in [0.3, 0.4) is 0 Å². The summed E-state index contributed by atoms with van der Waals surface area (Å²) >= 11 is 1.98. The molecule has 0 saturated carbocycles. The lowest BCUT2D eigenvalue weighted by atomic mass is 10.1. The Bertz CT molecular complexity index is 437. The standard InChI is InChI=1S/C14H21N3S/c1-11-3-4-13(12(2)9-11)10-16-14(15)17-5-7-18-8-6-17/h3-4,9H,5-8,10H2,1-2H3,(H2,15,16). The van der Waals surface area contributed by atoms with E-state index in [-0.39, 0.29) is 0 Å². The lowest BCUT2D eigenvalue weighted by Gasteiger charge is -2.27. The fourth-order valence-electron chi connectivity index (χ4n) is 2.08. The smallest absolute Gasteiger partial charge is 0.191 e. The normalized spacial score (nSPS) is 17.0. The van der Waals surface area contributed by atoms with E-state index in [9.17, 15) is 0 Å². The van der Waals surface area contributed by atoms with Crippen LogP contribution in [-0.2, 0) is 6.54 Å². The van der Waals surface area contributed by atoms with E-state index >= 15 is 0 Å². The van der Waals surface area contributed by atoms with E-state index in [1.54, 1.807) is 0 Å². The van der Waals surface area contributed by atoms with E-state index in [0.717, 1.165) is 24.6 Å². The van der Waals surface area contributed by atoms with Gasteiger partial charge in [-0.2, -0.15) is 11.8 Å². The molecular formula is C14H21N3S. The van der Waals surface area contributed by atoms with Crippen molar-refractivity contribution in [3.05, 3.63) is 34.9 Å². The molecule has 0 amide bonds. The van der Waals surface area contributed by atoms with Gasteiger partial charge in [-0.15, -0.1) is 0 Å². The summed E-state index contributed by atoms with van der Waals surface area (Å²) in [7, 11) is 0. The summed E-state index contributed by atoms with van der Waals surface area (Å²) in [6.07, 6.45) is 0. The van der Waals surface area contributed by atoms with Gasteiger partial charge >= 0.3 is 0 Å². The van der Waals surface area contributed by atoms with Gasteiger partial charge in [-0.05, 0) is 25.0 Å². The molecule has 4 heteroatoms. The molecule has 1 aromatic carbocycles. The van der Waals surface area contributed by atoms with Crippen molar-refractivity contribution in [1.82, 2.24) is 4.90 Å². The topological polar surface area (TPSA) is 41.6 Å². The molecule has 0 unspecified atom stereocenters. The summed E-state index contributed by atoms with van der Waals surface area (Å²) in [6.45, 7) is 6.97. The molecule has 1 aliphatic rings. The van der Waals surface area contributed by atoms with Crippen LogP contribution >= 0.6 is 11.8 Å². The Hall–Kier alpha value is -1.16. The highest BCUT2D eigenvalue weighted by Crippen LogP contribution is 2.12. The summed E-state index contributed by atoms with van der Waals surface area (Å²) < 4.78 is 0. The monoisotopic (exact) mass is 263 g/mol. The molecule has 1 saturated heterocycles. The first-order valence-corrected chi connectivity index (χ1v) is 7.51. The summed E-state index contributed by atoms with van der Waals surface area (Å²) in [5.41, 5.74) is 9.89. The summed E-state index contributed by atoms with van der Waals surface area (Å²) in [5, 5.41) is 0. The molecule has 0 aliphatic carbocycles. The van der Waals surface area contributed by atoms with Gasteiger partial charge in [0.2, 0.25) is 0 Å². The molecule has 18 heavy (non-hydrogen) atoms. The largest absolute Gasteiger partial charge is 0.370 e. The third kappa shape index (κ3) is 3.42. The first-order valence-electron chi connectivity index (χ1n) is 6.35. The van der Waals surface area contributed by atoms with E-state index in [1.165, 1.54) is 16.7 Å². The maximum absolute atomic E-state index is 6.04. The van der Waals surface area contributed by atoms with Gasteiger partial charge < -0.3 is 10.6 Å². The summed E-state index contributed by atoms with van der Waals surface area (Å²) in [5.74, 6) is 3.00. The van der Waals surface area contributed by atoms with Crippen LogP contribution in [0.25, 0.3) is 0 Å². The second kappa shape index (κ2) is 6.14. The molecule has 1 aliphatic heterocycles. The van der Waals surface area contributed by atoms with Crippen LogP contribution in [0.4, 0.5) is 0 Å². The van der Waals surface area contributed by atoms with Gasteiger partial charge in [0.05, 0.1) is 6.54 Å². The Morgan fingerprint density at radius 3 is 2.72 bits per heavy atom. The van der Waals surface area contributed by atoms with Gasteiger partial charge in [-0.25, -0.2) is 4.99 Å². The van der Waals surface area contributed by atoms with Crippen LogP contribution in [0.1, 0.15) is 16.7 Å². The number of aliphatic imine (C=N–C) groups is 1. The first-order chi connectivity index (χ1) is 8.66. The van der Waals surface area contributed by atoms with Crippen LogP contribution in [-0.4, -0.2) is 35.5 Å². The molecule has 0 bridgehead atoms. The fourth-order valence-corrected chi connectivity index (χ4v) is 2.98. The molecule has 0 spiro atoms. The number of rotatable bonds is 2. The zero-order chi connectivity index (χ0) is 13.0. The highest BCUT2D eigenvalue weighted by Gasteiger charge is 2.11. The number of benzene rings is 1. The molecule has 2 rings (SSSR count). The Morgan fingerprint density at radius 1 is 1.33 bits per heavy atom. The van der Waals surface area contributed by atoms with E-state index < -0.39 is 0 Å². The van der Waals surface area contributed by atoms with Crippen LogP contribution in [0, 0.1) is 13.8 Å². The van der Waals surface area contributed by atoms with E-state index in [4.69, 9.17) is 5.73 Å². The van der Waals surface area contributed by atoms with Crippen LogP contribution in [0.2, 0.25) is 0 Å². The molecule has 1 fully saturated rings. The molecule has 0 atom stereocenters. The van der Waals surface area contributed by atoms with Crippen molar-refractivity contribution in [3.63, 3.8) is 0 Å². The number of guanidine groups is 1. The van der Waals surface area contributed by atoms with Crippen LogP contribution in [0.15, 0.2) is 23.2 Å². The molecule has 2 N–H and O–H groups in total. The maximum Gasteiger partial charge on any atom is 0.191 e.